The summed E-state index contributed by atoms with van der Waals surface area (Å²) in [6, 6.07) is 17.4. The van der Waals surface area contributed by atoms with Crippen LogP contribution in [-0.2, 0) is 0 Å². The predicted octanol–water partition coefficient (Wildman–Crippen LogP) is 4.39. The lowest BCUT2D eigenvalue weighted by Gasteiger charge is -1.97. The molecule has 0 aliphatic heterocycles. The van der Waals surface area contributed by atoms with Gasteiger partial charge in [-0.2, -0.15) is 10.2 Å². The number of para-hydroxylation sites is 1. The second-order valence-electron chi connectivity index (χ2n) is 6.08. The van der Waals surface area contributed by atoms with E-state index in [-0.39, 0.29) is 5.91 Å². The Morgan fingerprint density at radius 1 is 1.19 bits per heavy atom. The Morgan fingerprint density at radius 2 is 1.96 bits per heavy atom. The van der Waals surface area contributed by atoms with E-state index in [9.17, 15) is 4.79 Å². The number of fused-ring (bicyclic) bond motifs is 1. The molecule has 0 aliphatic rings. The molecule has 0 saturated heterocycles. The van der Waals surface area contributed by atoms with Crippen LogP contribution in [0.3, 0.4) is 0 Å². The lowest BCUT2D eigenvalue weighted by atomic mass is 10.1. The quantitative estimate of drug-likeness (QED) is 0.337. The van der Waals surface area contributed by atoms with Gasteiger partial charge in [0.1, 0.15) is 5.69 Å². The number of carbonyl (C=O) groups is 1. The SMILES string of the molecule is Cc1[nH]c2ccccc2c1C=NNC(=O)c1cc(-c2ccc(Br)cc2)n[nH]1. The van der Waals surface area contributed by atoms with Crippen LogP contribution in [0.25, 0.3) is 22.2 Å². The molecule has 0 bridgehead atoms. The molecule has 6 nitrogen and oxygen atoms in total. The number of hydrogen-bond donors (Lipinski definition) is 3. The summed E-state index contributed by atoms with van der Waals surface area (Å²) in [5, 5.41) is 12.1. The molecule has 0 atom stereocenters. The van der Waals surface area contributed by atoms with Crippen LogP contribution in [0, 0.1) is 6.92 Å². The number of aromatic nitrogens is 3. The molecular formula is C20H16BrN5O. The number of H-pyrrole nitrogens is 2. The Bertz CT molecular complexity index is 1140. The van der Waals surface area contributed by atoms with E-state index >= 15 is 0 Å². The zero-order valence-corrected chi connectivity index (χ0v) is 16.0. The highest BCUT2D eigenvalue weighted by molar-refractivity contribution is 9.10. The van der Waals surface area contributed by atoms with Crippen molar-refractivity contribution in [3.05, 3.63) is 76.0 Å². The molecule has 2 aromatic carbocycles. The number of rotatable bonds is 4. The van der Waals surface area contributed by atoms with Crippen molar-refractivity contribution in [2.45, 2.75) is 6.92 Å². The number of carbonyl (C=O) groups excluding carboxylic acids is 1. The summed E-state index contributed by atoms with van der Waals surface area (Å²) in [4.78, 5) is 15.6. The first-order valence-electron chi connectivity index (χ1n) is 8.34. The smallest absolute Gasteiger partial charge is 0.289 e. The van der Waals surface area contributed by atoms with Gasteiger partial charge in [0.2, 0.25) is 0 Å². The molecule has 0 radical (unpaired) electrons. The molecule has 3 N–H and O–H groups in total. The second-order valence-corrected chi connectivity index (χ2v) is 7.00. The molecule has 4 rings (SSSR count). The number of halogens is 1. The van der Waals surface area contributed by atoms with Crippen molar-refractivity contribution in [1.82, 2.24) is 20.6 Å². The lowest BCUT2D eigenvalue weighted by Crippen LogP contribution is -2.18. The zero-order chi connectivity index (χ0) is 18.8. The van der Waals surface area contributed by atoms with Gasteiger partial charge >= 0.3 is 0 Å². The molecule has 0 saturated carbocycles. The highest BCUT2D eigenvalue weighted by Gasteiger charge is 2.11. The molecule has 7 heteroatoms. The Kier molecular flexibility index (Phi) is 4.60. The number of hydrogen-bond acceptors (Lipinski definition) is 3. The first-order chi connectivity index (χ1) is 13.1. The summed E-state index contributed by atoms with van der Waals surface area (Å²) in [7, 11) is 0. The van der Waals surface area contributed by atoms with E-state index in [4.69, 9.17) is 0 Å². The lowest BCUT2D eigenvalue weighted by molar-refractivity contribution is 0.0950. The van der Waals surface area contributed by atoms with Gasteiger partial charge in [0, 0.05) is 32.2 Å². The van der Waals surface area contributed by atoms with Gasteiger partial charge in [0.15, 0.2) is 0 Å². The number of nitrogens with zero attached hydrogens (tertiary/aromatic N) is 2. The second kappa shape index (κ2) is 7.20. The number of aryl methyl sites for hydroxylation is 1. The standard InChI is InChI=1S/C20H16BrN5O/c1-12-16(15-4-2-3-5-17(15)23-12)11-22-26-20(27)19-10-18(24-25-19)13-6-8-14(21)9-7-13/h2-11,23H,1H3,(H,24,25)(H,26,27). The van der Waals surface area contributed by atoms with Gasteiger partial charge in [-0.15, -0.1) is 0 Å². The van der Waals surface area contributed by atoms with Crippen molar-refractivity contribution in [1.29, 1.82) is 0 Å². The van der Waals surface area contributed by atoms with Crippen molar-refractivity contribution < 1.29 is 4.79 Å². The number of aromatic amines is 2. The Balaban J connectivity index is 1.49. The fraction of sp³-hybridized carbons (Fsp3) is 0.0500. The van der Waals surface area contributed by atoms with E-state index in [0.717, 1.165) is 32.2 Å². The molecule has 4 aromatic rings. The minimum absolute atomic E-state index is 0.348. The third kappa shape index (κ3) is 3.54. The first kappa shape index (κ1) is 17.2. The fourth-order valence-electron chi connectivity index (χ4n) is 2.89. The number of hydrazone groups is 1. The van der Waals surface area contributed by atoms with Crippen molar-refractivity contribution >= 4 is 39.0 Å². The minimum atomic E-state index is -0.348. The Hall–Kier alpha value is -3.19. The molecule has 1 amide bonds. The normalized spacial score (nSPS) is 11.3. The van der Waals surface area contributed by atoms with E-state index in [1.807, 2.05) is 55.5 Å². The van der Waals surface area contributed by atoms with Crippen LogP contribution in [0.5, 0.6) is 0 Å². The van der Waals surface area contributed by atoms with E-state index in [1.165, 1.54) is 0 Å². The molecular weight excluding hydrogens is 406 g/mol. The Morgan fingerprint density at radius 3 is 2.78 bits per heavy atom. The van der Waals surface area contributed by atoms with Crippen molar-refractivity contribution in [3.8, 4) is 11.3 Å². The number of benzene rings is 2. The van der Waals surface area contributed by atoms with Crippen molar-refractivity contribution in [2.24, 2.45) is 5.10 Å². The monoisotopic (exact) mass is 421 g/mol. The summed E-state index contributed by atoms with van der Waals surface area (Å²) >= 11 is 3.40. The average Bonchev–Trinajstić information content (AvgIpc) is 3.27. The van der Waals surface area contributed by atoms with Crippen molar-refractivity contribution in [2.75, 3.05) is 0 Å². The Labute approximate surface area is 163 Å². The van der Waals surface area contributed by atoms with Crippen LogP contribution in [-0.4, -0.2) is 27.3 Å². The minimum Gasteiger partial charge on any atom is -0.358 e. The predicted molar refractivity (Wildman–Crippen MR) is 110 cm³/mol. The fourth-order valence-corrected chi connectivity index (χ4v) is 3.15. The van der Waals surface area contributed by atoms with Crippen molar-refractivity contribution in [3.63, 3.8) is 0 Å². The molecule has 2 aromatic heterocycles. The molecule has 0 fully saturated rings. The average molecular weight is 422 g/mol. The van der Waals surface area contributed by atoms with E-state index < -0.39 is 0 Å². The summed E-state index contributed by atoms with van der Waals surface area (Å²) in [5.41, 5.74) is 7.49. The van der Waals surface area contributed by atoms with Gasteiger partial charge < -0.3 is 4.98 Å². The zero-order valence-electron chi connectivity index (χ0n) is 14.5. The summed E-state index contributed by atoms with van der Waals surface area (Å²) < 4.78 is 0.988. The topological polar surface area (TPSA) is 85.9 Å². The molecule has 2 heterocycles. The largest absolute Gasteiger partial charge is 0.358 e. The highest BCUT2D eigenvalue weighted by Crippen LogP contribution is 2.21. The number of nitrogens with one attached hydrogen (secondary N) is 3. The van der Waals surface area contributed by atoms with Crippen LogP contribution < -0.4 is 5.43 Å². The molecule has 27 heavy (non-hydrogen) atoms. The summed E-state index contributed by atoms with van der Waals surface area (Å²) in [5.74, 6) is -0.348. The van der Waals surface area contributed by atoms with Gasteiger partial charge in [-0.1, -0.05) is 46.3 Å². The van der Waals surface area contributed by atoms with Crippen LogP contribution in [0.4, 0.5) is 0 Å². The number of amides is 1. The molecule has 0 spiro atoms. The third-order valence-electron chi connectivity index (χ3n) is 4.27. The van der Waals surface area contributed by atoms with Gasteiger partial charge in [0.25, 0.3) is 5.91 Å². The summed E-state index contributed by atoms with van der Waals surface area (Å²) in [6.07, 6.45) is 1.65. The maximum absolute atomic E-state index is 12.3. The van der Waals surface area contributed by atoms with Crippen LogP contribution in [0.2, 0.25) is 0 Å². The molecule has 134 valence electrons. The van der Waals surface area contributed by atoms with E-state index in [2.05, 4.69) is 41.6 Å². The van der Waals surface area contributed by atoms with Gasteiger partial charge in [-0.3, -0.25) is 9.89 Å². The summed E-state index contributed by atoms with van der Waals surface area (Å²) in [6.45, 7) is 1.97. The molecule has 0 unspecified atom stereocenters. The van der Waals surface area contributed by atoms with Crippen LogP contribution in [0.15, 0.2) is 64.2 Å². The maximum atomic E-state index is 12.3. The van der Waals surface area contributed by atoms with Crippen LogP contribution >= 0.6 is 15.9 Å². The maximum Gasteiger partial charge on any atom is 0.289 e. The van der Waals surface area contributed by atoms with Gasteiger partial charge in [0.05, 0.1) is 11.9 Å². The van der Waals surface area contributed by atoms with E-state index in [0.29, 0.717) is 11.4 Å². The molecule has 0 aliphatic carbocycles. The van der Waals surface area contributed by atoms with Gasteiger partial charge in [-0.25, -0.2) is 5.43 Å². The third-order valence-corrected chi connectivity index (χ3v) is 4.79. The van der Waals surface area contributed by atoms with Gasteiger partial charge in [-0.05, 0) is 31.2 Å². The van der Waals surface area contributed by atoms with E-state index in [1.54, 1.807) is 12.3 Å². The highest BCUT2D eigenvalue weighted by atomic mass is 79.9. The van der Waals surface area contributed by atoms with Crippen LogP contribution in [0.1, 0.15) is 21.7 Å². The first-order valence-corrected chi connectivity index (χ1v) is 9.13.